The fraction of sp³-hybridized carbons (Fsp3) is 0.579. The average Bonchev–Trinajstić information content (AvgIpc) is 2.91. The van der Waals surface area contributed by atoms with Crippen LogP contribution in [0.25, 0.3) is 0 Å². The van der Waals surface area contributed by atoms with Crippen molar-refractivity contribution in [3.63, 3.8) is 0 Å². The van der Waals surface area contributed by atoms with E-state index < -0.39 is 6.29 Å². The molecule has 2 aliphatic heterocycles. The third-order valence-corrected chi connectivity index (χ3v) is 4.28. The van der Waals surface area contributed by atoms with Crippen molar-refractivity contribution in [1.82, 2.24) is 0 Å². The smallest absolute Gasteiger partial charge is 0.414 e. The molecule has 2 rings (SSSR count). The average molecular weight is 385 g/mol. The Hall–Kier alpha value is -2.08. The van der Waals surface area contributed by atoms with Gasteiger partial charge in [0.05, 0.1) is 6.61 Å². The molecule has 2 aliphatic rings. The molecule has 2 N–H and O–H groups in total. The van der Waals surface area contributed by atoms with Gasteiger partial charge in [0.15, 0.2) is 5.76 Å². The topological polar surface area (TPSA) is 72.2 Å². The molecule has 0 aromatic carbocycles. The number of terminal acetylenes is 1. The summed E-state index contributed by atoms with van der Waals surface area (Å²) >= 11 is 0. The van der Waals surface area contributed by atoms with Crippen molar-refractivity contribution in [2.24, 2.45) is 11.8 Å². The molecule has 0 saturated carbocycles. The van der Waals surface area contributed by atoms with Crippen LogP contribution in [-0.4, -0.2) is 32.7 Å². The minimum atomic E-state index is -3.68. The first-order valence-electron chi connectivity index (χ1n) is 8.78. The van der Waals surface area contributed by atoms with Crippen LogP contribution in [0, 0.1) is 18.3 Å². The molecule has 0 unspecified atom stereocenters. The van der Waals surface area contributed by atoms with Gasteiger partial charge in [0.1, 0.15) is 18.1 Å². The van der Waals surface area contributed by atoms with Crippen molar-refractivity contribution < 1.29 is 32.6 Å². The van der Waals surface area contributed by atoms with E-state index in [0.29, 0.717) is 17.3 Å². The van der Waals surface area contributed by atoms with Crippen LogP contribution in [0.15, 0.2) is 35.0 Å². The van der Waals surface area contributed by atoms with E-state index in [-0.39, 0.29) is 24.7 Å². The maximum atomic E-state index is 13.0. The highest BCUT2D eigenvalue weighted by Gasteiger charge is 2.42. The molecular formula is C19H25F2NO5. The second-order valence-corrected chi connectivity index (χ2v) is 6.32. The van der Waals surface area contributed by atoms with Gasteiger partial charge < -0.3 is 23.8 Å². The monoisotopic (exact) mass is 385 g/mol. The third kappa shape index (κ3) is 7.21. The van der Waals surface area contributed by atoms with Crippen molar-refractivity contribution in [3.8, 4) is 12.3 Å². The number of alkyl halides is 2. The summed E-state index contributed by atoms with van der Waals surface area (Å²) in [6.45, 7) is 3.13. The molecule has 0 radical (unpaired) electrons. The lowest BCUT2D eigenvalue weighted by atomic mass is 9.95. The minimum absolute atomic E-state index is 0.0167. The van der Waals surface area contributed by atoms with E-state index in [0.717, 1.165) is 38.9 Å². The number of allylic oxidation sites excluding steroid dienone is 3. The number of halogens is 2. The number of rotatable bonds is 9. The van der Waals surface area contributed by atoms with Gasteiger partial charge in [0, 0.05) is 18.8 Å². The Morgan fingerprint density at radius 1 is 1.33 bits per heavy atom. The molecule has 0 aromatic heterocycles. The third-order valence-electron chi connectivity index (χ3n) is 4.28. The quantitative estimate of drug-likeness (QED) is 0.373. The largest absolute Gasteiger partial charge is 0.585 e. The van der Waals surface area contributed by atoms with Crippen molar-refractivity contribution in [3.05, 3.63) is 35.0 Å². The summed E-state index contributed by atoms with van der Waals surface area (Å²) in [6.07, 6.45) is 8.88. The van der Waals surface area contributed by atoms with Gasteiger partial charge in [-0.3, -0.25) is 0 Å². The summed E-state index contributed by atoms with van der Waals surface area (Å²) in [5, 5.41) is 0. The second-order valence-electron chi connectivity index (χ2n) is 6.32. The summed E-state index contributed by atoms with van der Waals surface area (Å²) in [7, 11) is 0. The van der Waals surface area contributed by atoms with Gasteiger partial charge in [0.25, 0.3) is 0 Å². The molecule has 0 bridgehead atoms. The van der Waals surface area contributed by atoms with Crippen LogP contribution >= 0.6 is 0 Å². The lowest BCUT2D eigenvalue weighted by Gasteiger charge is -2.21. The van der Waals surface area contributed by atoms with Crippen LogP contribution in [0.3, 0.4) is 0 Å². The van der Waals surface area contributed by atoms with E-state index in [1.165, 1.54) is 13.0 Å². The molecule has 1 saturated heterocycles. The molecule has 0 spiro atoms. The van der Waals surface area contributed by atoms with E-state index >= 15 is 0 Å². The number of ether oxygens (including phenoxy) is 4. The molecule has 0 aromatic rings. The van der Waals surface area contributed by atoms with Crippen LogP contribution in [0.5, 0.6) is 0 Å². The zero-order valence-electron chi connectivity index (χ0n) is 15.3. The van der Waals surface area contributed by atoms with Gasteiger partial charge in [-0.15, -0.1) is 15.2 Å². The first kappa shape index (κ1) is 21.2. The molecule has 1 fully saturated rings. The molecule has 27 heavy (non-hydrogen) atoms. The summed E-state index contributed by atoms with van der Waals surface area (Å²) < 4.78 is 45.5. The fourth-order valence-electron chi connectivity index (χ4n) is 2.78. The van der Waals surface area contributed by atoms with Crippen LogP contribution < -0.4 is 5.90 Å². The van der Waals surface area contributed by atoms with Crippen molar-refractivity contribution in [1.29, 1.82) is 0 Å². The minimum Gasteiger partial charge on any atom is -0.414 e. The van der Waals surface area contributed by atoms with Gasteiger partial charge in [-0.05, 0) is 50.7 Å². The Bertz CT molecular complexity index is 631. The molecule has 0 aliphatic carbocycles. The Morgan fingerprint density at radius 2 is 2.07 bits per heavy atom. The molecule has 2 heterocycles. The standard InChI is InChI=1S/C19H25F2NO5/c1-3-15(11-18-14(2)25-19(20,21)26-18)12-24-13-17(27-22)6-4-5-16-7-9-23-10-8-16/h1,6,11,16H,4-5,7-10,12-13,22H2,2H3/b15-11+,17-6-. The lowest BCUT2D eigenvalue weighted by Crippen LogP contribution is -2.16. The predicted octanol–water partition coefficient (Wildman–Crippen LogP) is 3.37. The van der Waals surface area contributed by atoms with Gasteiger partial charge in [-0.1, -0.05) is 5.92 Å². The van der Waals surface area contributed by atoms with E-state index in [2.05, 4.69) is 15.4 Å². The molecular weight excluding hydrogens is 360 g/mol. The number of hydrogen-bond donors (Lipinski definition) is 1. The van der Waals surface area contributed by atoms with Crippen LogP contribution in [0.4, 0.5) is 8.78 Å². The van der Waals surface area contributed by atoms with Crippen molar-refractivity contribution in [2.75, 3.05) is 26.4 Å². The lowest BCUT2D eigenvalue weighted by molar-refractivity contribution is -0.336. The highest BCUT2D eigenvalue weighted by atomic mass is 19.3. The first-order valence-corrected chi connectivity index (χ1v) is 8.78. The first-order chi connectivity index (χ1) is 12.9. The van der Waals surface area contributed by atoms with Crippen LogP contribution in [0.1, 0.15) is 32.6 Å². The Labute approximate surface area is 157 Å². The normalized spacial score (nSPS) is 20.9. The van der Waals surface area contributed by atoms with E-state index in [1.807, 2.05) is 6.08 Å². The molecule has 8 heteroatoms. The highest BCUT2D eigenvalue weighted by Crippen LogP contribution is 2.34. The molecule has 6 nitrogen and oxygen atoms in total. The fourth-order valence-corrected chi connectivity index (χ4v) is 2.78. The SMILES string of the molecule is C#C/C(=C\C1=C(C)OC(F)(F)O1)COC/C(=C/CCC1CCOCC1)ON. The highest BCUT2D eigenvalue weighted by molar-refractivity contribution is 5.34. The summed E-state index contributed by atoms with van der Waals surface area (Å²) in [6, 6.07) is 0. The number of nitrogens with two attached hydrogens (primary N) is 1. The zero-order valence-corrected chi connectivity index (χ0v) is 15.3. The summed E-state index contributed by atoms with van der Waals surface area (Å²) in [5.74, 6) is 8.60. The van der Waals surface area contributed by atoms with Gasteiger partial charge in [-0.25, -0.2) is 0 Å². The summed E-state index contributed by atoms with van der Waals surface area (Å²) in [4.78, 5) is 4.82. The molecule has 0 atom stereocenters. The Kier molecular flexibility index (Phi) is 8.10. The molecule has 0 amide bonds. The summed E-state index contributed by atoms with van der Waals surface area (Å²) in [5.41, 5.74) is 0.323. The maximum absolute atomic E-state index is 13.0. The Morgan fingerprint density at radius 3 is 2.67 bits per heavy atom. The van der Waals surface area contributed by atoms with E-state index in [9.17, 15) is 8.78 Å². The van der Waals surface area contributed by atoms with Crippen LogP contribution in [-0.2, 0) is 23.8 Å². The zero-order chi connectivity index (χ0) is 19.7. The predicted molar refractivity (Wildman–Crippen MR) is 93.7 cm³/mol. The van der Waals surface area contributed by atoms with Crippen molar-refractivity contribution >= 4 is 0 Å². The van der Waals surface area contributed by atoms with Gasteiger partial charge in [0.2, 0.25) is 0 Å². The van der Waals surface area contributed by atoms with Crippen LogP contribution in [0.2, 0.25) is 0 Å². The van der Waals surface area contributed by atoms with Gasteiger partial charge in [-0.2, -0.15) is 5.90 Å². The Balaban J connectivity index is 1.78. The number of hydrogen-bond acceptors (Lipinski definition) is 6. The van der Waals surface area contributed by atoms with E-state index in [4.69, 9.17) is 26.6 Å². The van der Waals surface area contributed by atoms with Crippen molar-refractivity contribution in [2.45, 2.75) is 38.9 Å². The molecule has 150 valence electrons. The van der Waals surface area contributed by atoms with E-state index in [1.54, 1.807) is 0 Å². The van der Waals surface area contributed by atoms with Gasteiger partial charge >= 0.3 is 6.29 Å². The maximum Gasteiger partial charge on any atom is 0.585 e. The second kappa shape index (κ2) is 10.3.